The Bertz CT molecular complexity index is 927. The van der Waals surface area contributed by atoms with Gasteiger partial charge in [0, 0.05) is 18.7 Å². The standard InChI is InChI=1S/C23H26N2O5/c1-3-4-14-29-23(28)17-8-7-9-18(15-17)24-21(26)12-13-25-19-10-5-6-11-20(19)30-16(2)22(25)27/h5-11,15-16H,3-4,12-14H2,1-2H3,(H,24,26). The summed E-state index contributed by atoms with van der Waals surface area (Å²) in [5, 5.41) is 2.78. The summed E-state index contributed by atoms with van der Waals surface area (Å²) in [5.41, 5.74) is 1.55. The van der Waals surface area contributed by atoms with Crippen molar-refractivity contribution in [1.29, 1.82) is 0 Å². The fraction of sp³-hybridized carbons (Fsp3) is 0.348. The minimum Gasteiger partial charge on any atom is -0.479 e. The van der Waals surface area contributed by atoms with E-state index in [4.69, 9.17) is 9.47 Å². The van der Waals surface area contributed by atoms with Crippen LogP contribution in [0, 0.1) is 0 Å². The summed E-state index contributed by atoms with van der Waals surface area (Å²) in [6.07, 6.45) is 1.26. The monoisotopic (exact) mass is 410 g/mol. The number of esters is 1. The smallest absolute Gasteiger partial charge is 0.338 e. The van der Waals surface area contributed by atoms with E-state index in [0.717, 1.165) is 12.8 Å². The lowest BCUT2D eigenvalue weighted by molar-refractivity contribution is -0.125. The number of benzene rings is 2. The van der Waals surface area contributed by atoms with Crippen molar-refractivity contribution in [2.75, 3.05) is 23.4 Å². The van der Waals surface area contributed by atoms with Crippen molar-refractivity contribution in [3.63, 3.8) is 0 Å². The molecule has 0 radical (unpaired) electrons. The summed E-state index contributed by atoms with van der Waals surface area (Å²) in [6.45, 7) is 4.32. The molecule has 0 bridgehead atoms. The fourth-order valence-electron chi connectivity index (χ4n) is 3.14. The molecule has 1 atom stereocenters. The Labute approximate surface area is 176 Å². The van der Waals surface area contributed by atoms with E-state index in [1.165, 1.54) is 0 Å². The van der Waals surface area contributed by atoms with E-state index in [2.05, 4.69) is 5.32 Å². The average molecular weight is 410 g/mol. The number of fused-ring (bicyclic) bond motifs is 1. The van der Waals surface area contributed by atoms with Crippen molar-refractivity contribution < 1.29 is 23.9 Å². The number of hydrogen-bond acceptors (Lipinski definition) is 5. The molecule has 2 aromatic rings. The number of ether oxygens (including phenoxy) is 2. The number of nitrogens with zero attached hydrogens (tertiary/aromatic N) is 1. The molecule has 0 saturated heterocycles. The second-order valence-corrected chi connectivity index (χ2v) is 7.09. The molecule has 7 nitrogen and oxygen atoms in total. The Hall–Kier alpha value is -3.35. The van der Waals surface area contributed by atoms with Gasteiger partial charge in [-0.25, -0.2) is 4.79 Å². The first-order valence-corrected chi connectivity index (χ1v) is 10.1. The lowest BCUT2D eigenvalue weighted by Gasteiger charge is -2.32. The van der Waals surface area contributed by atoms with Gasteiger partial charge in [0.1, 0.15) is 5.75 Å². The van der Waals surface area contributed by atoms with Crippen molar-refractivity contribution >= 4 is 29.2 Å². The van der Waals surface area contributed by atoms with Crippen LogP contribution in [0.25, 0.3) is 0 Å². The molecule has 3 rings (SSSR count). The van der Waals surface area contributed by atoms with Gasteiger partial charge in [-0.2, -0.15) is 0 Å². The number of hydrogen-bond donors (Lipinski definition) is 1. The molecule has 1 aliphatic heterocycles. The molecule has 1 unspecified atom stereocenters. The van der Waals surface area contributed by atoms with Gasteiger partial charge in [0.25, 0.3) is 5.91 Å². The van der Waals surface area contributed by atoms with Gasteiger partial charge in [-0.1, -0.05) is 31.5 Å². The maximum absolute atomic E-state index is 12.5. The molecule has 2 amide bonds. The number of rotatable bonds is 8. The minimum absolute atomic E-state index is 0.109. The quantitative estimate of drug-likeness (QED) is 0.529. The van der Waals surface area contributed by atoms with Gasteiger partial charge in [0.05, 0.1) is 17.9 Å². The fourth-order valence-corrected chi connectivity index (χ4v) is 3.14. The molecular weight excluding hydrogens is 384 g/mol. The zero-order valence-electron chi connectivity index (χ0n) is 17.2. The second-order valence-electron chi connectivity index (χ2n) is 7.09. The first-order valence-electron chi connectivity index (χ1n) is 10.1. The largest absolute Gasteiger partial charge is 0.479 e. The van der Waals surface area contributed by atoms with Gasteiger partial charge in [-0.15, -0.1) is 0 Å². The second kappa shape index (κ2) is 9.91. The number of carbonyl (C=O) groups is 3. The minimum atomic E-state index is -0.599. The van der Waals surface area contributed by atoms with Crippen molar-refractivity contribution in [2.24, 2.45) is 0 Å². The lowest BCUT2D eigenvalue weighted by Crippen LogP contribution is -2.45. The van der Waals surface area contributed by atoms with E-state index in [0.29, 0.717) is 29.3 Å². The molecular formula is C23H26N2O5. The number of carbonyl (C=O) groups excluding carboxylic acids is 3. The highest BCUT2D eigenvalue weighted by Crippen LogP contribution is 2.33. The van der Waals surface area contributed by atoms with Crippen LogP contribution in [0.3, 0.4) is 0 Å². The molecule has 1 aliphatic rings. The van der Waals surface area contributed by atoms with Crippen LogP contribution in [-0.2, 0) is 14.3 Å². The molecule has 0 saturated carbocycles. The van der Waals surface area contributed by atoms with Crippen LogP contribution in [0.15, 0.2) is 48.5 Å². The molecule has 0 aromatic heterocycles. The van der Waals surface area contributed by atoms with Gasteiger partial charge in [-0.05, 0) is 43.7 Å². The van der Waals surface area contributed by atoms with Crippen LogP contribution in [0.4, 0.5) is 11.4 Å². The summed E-state index contributed by atoms with van der Waals surface area (Å²) in [4.78, 5) is 38.6. The Morgan fingerprint density at radius 2 is 1.97 bits per heavy atom. The molecule has 30 heavy (non-hydrogen) atoms. The van der Waals surface area contributed by atoms with E-state index in [9.17, 15) is 14.4 Å². The molecule has 2 aromatic carbocycles. The Morgan fingerprint density at radius 3 is 2.77 bits per heavy atom. The maximum atomic E-state index is 12.5. The highest BCUT2D eigenvalue weighted by atomic mass is 16.5. The van der Waals surface area contributed by atoms with Crippen molar-refractivity contribution in [3.05, 3.63) is 54.1 Å². The highest BCUT2D eigenvalue weighted by Gasteiger charge is 2.31. The summed E-state index contributed by atoms with van der Waals surface area (Å²) in [5.74, 6) is -0.224. The van der Waals surface area contributed by atoms with Crippen molar-refractivity contribution in [3.8, 4) is 5.75 Å². The number of amides is 2. The molecule has 0 spiro atoms. The SMILES string of the molecule is CCCCOC(=O)c1cccc(NC(=O)CCN2C(=O)C(C)Oc3ccccc32)c1. The topological polar surface area (TPSA) is 84.9 Å². The first-order chi connectivity index (χ1) is 14.5. The van der Waals surface area contributed by atoms with Crippen LogP contribution in [0.2, 0.25) is 0 Å². The summed E-state index contributed by atoms with van der Waals surface area (Å²) < 4.78 is 10.8. The molecule has 7 heteroatoms. The average Bonchev–Trinajstić information content (AvgIpc) is 2.74. The molecule has 0 aliphatic carbocycles. The van der Waals surface area contributed by atoms with Gasteiger partial charge >= 0.3 is 5.97 Å². The zero-order valence-corrected chi connectivity index (χ0v) is 17.2. The van der Waals surface area contributed by atoms with Crippen LogP contribution in [-0.4, -0.2) is 37.0 Å². The molecule has 1 N–H and O–H groups in total. The number of unbranched alkanes of at least 4 members (excludes halogenated alkanes) is 1. The molecule has 158 valence electrons. The predicted molar refractivity (Wildman–Crippen MR) is 114 cm³/mol. The molecule has 1 heterocycles. The lowest BCUT2D eigenvalue weighted by atomic mass is 10.1. The van der Waals surface area contributed by atoms with Gasteiger partial charge < -0.3 is 19.7 Å². The Balaban J connectivity index is 1.59. The third kappa shape index (κ3) is 5.17. The third-order valence-electron chi connectivity index (χ3n) is 4.75. The van der Waals surface area contributed by atoms with Crippen LogP contribution in [0.5, 0.6) is 5.75 Å². The van der Waals surface area contributed by atoms with E-state index in [1.807, 2.05) is 19.1 Å². The Kier molecular flexibility index (Phi) is 7.06. The van der Waals surface area contributed by atoms with Gasteiger partial charge in [0.2, 0.25) is 5.91 Å². The number of anilines is 2. The van der Waals surface area contributed by atoms with E-state index >= 15 is 0 Å². The van der Waals surface area contributed by atoms with Crippen molar-refractivity contribution in [1.82, 2.24) is 0 Å². The first kappa shape index (κ1) is 21.4. The summed E-state index contributed by atoms with van der Waals surface area (Å²) in [7, 11) is 0. The van der Waals surface area contributed by atoms with E-state index in [1.54, 1.807) is 48.2 Å². The van der Waals surface area contributed by atoms with Crippen molar-refractivity contribution in [2.45, 2.75) is 39.2 Å². The zero-order chi connectivity index (χ0) is 21.5. The maximum Gasteiger partial charge on any atom is 0.338 e. The Morgan fingerprint density at radius 1 is 1.17 bits per heavy atom. The summed E-state index contributed by atoms with van der Waals surface area (Å²) in [6, 6.07) is 13.9. The third-order valence-corrected chi connectivity index (χ3v) is 4.75. The van der Waals surface area contributed by atoms with Crippen LogP contribution >= 0.6 is 0 Å². The van der Waals surface area contributed by atoms with E-state index < -0.39 is 12.1 Å². The highest BCUT2D eigenvalue weighted by molar-refractivity contribution is 6.01. The number of para-hydroxylation sites is 2. The molecule has 0 fully saturated rings. The van der Waals surface area contributed by atoms with Gasteiger partial charge in [-0.3, -0.25) is 9.59 Å². The predicted octanol–water partition coefficient (Wildman–Crippen LogP) is 3.79. The summed E-state index contributed by atoms with van der Waals surface area (Å²) >= 11 is 0. The van der Waals surface area contributed by atoms with Crippen LogP contribution < -0.4 is 15.0 Å². The van der Waals surface area contributed by atoms with Crippen LogP contribution in [0.1, 0.15) is 43.5 Å². The van der Waals surface area contributed by atoms with Gasteiger partial charge in [0.15, 0.2) is 6.10 Å². The normalized spacial score (nSPS) is 15.2. The van der Waals surface area contributed by atoms with E-state index in [-0.39, 0.29) is 24.8 Å². The number of nitrogens with one attached hydrogen (secondary N) is 1.